The molecule has 1 aromatic heterocycles. The fraction of sp³-hybridized carbons (Fsp3) is 0.0667. The summed E-state index contributed by atoms with van der Waals surface area (Å²) in [5.74, 6) is -0.363. The van der Waals surface area contributed by atoms with Crippen LogP contribution in [0.3, 0.4) is 0 Å². The molecule has 6 heteroatoms. The Morgan fingerprint density at radius 1 is 1.29 bits per heavy atom. The van der Waals surface area contributed by atoms with Crippen LogP contribution >= 0.6 is 27.5 Å². The highest BCUT2D eigenvalue weighted by atomic mass is 79.9. The third-order valence-corrected chi connectivity index (χ3v) is 3.82. The maximum absolute atomic E-state index is 10.9. The maximum Gasteiger partial charge on any atom is 0.307 e. The van der Waals surface area contributed by atoms with Crippen molar-refractivity contribution in [2.75, 3.05) is 0 Å². The number of halogens is 2. The fourth-order valence-corrected chi connectivity index (χ4v) is 2.69. The van der Waals surface area contributed by atoms with Gasteiger partial charge in [0.1, 0.15) is 5.52 Å². The molecule has 0 fully saturated rings. The summed E-state index contributed by atoms with van der Waals surface area (Å²) in [6, 6.07) is 10.9. The molecule has 0 spiro atoms. The first kappa shape index (κ1) is 14.1. The molecule has 0 amide bonds. The molecule has 21 heavy (non-hydrogen) atoms. The number of carboxylic acid groups (broad SMARTS) is 1. The van der Waals surface area contributed by atoms with Crippen molar-refractivity contribution in [3.8, 4) is 11.3 Å². The van der Waals surface area contributed by atoms with E-state index in [1.165, 1.54) is 0 Å². The highest BCUT2D eigenvalue weighted by Gasteiger charge is 2.16. The average molecular weight is 367 g/mol. The summed E-state index contributed by atoms with van der Waals surface area (Å²) < 4.78 is 6.36. The largest absolute Gasteiger partial charge is 0.481 e. The van der Waals surface area contributed by atoms with Crippen LogP contribution in [0.25, 0.3) is 22.2 Å². The summed E-state index contributed by atoms with van der Waals surface area (Å²) in [6.45, 7) is 0. The minimum absolute atomic E-state index is 0.149. The number of carboxylic acids is 1. The smallest absolute Gasteiger partial charge is 0.307 e. The quantitative estimate of drug-likeness (QED) is 0.739. The van der Waals surface area contributed by atoms with Crippen molar-refractivity contribution in [3.05, 3.63) is 51.5 Å². The summed E-state index contributed by atoms with van der Waals surface area (Å²) in [6.07, 6.45) is -0.149. The molecule has 106 valence electrons. The van der Waals surface area contributed by atoms with E-state index < -0.39 is 5.97 Å². The summed E-state index contributed by atoms with van der Waals surface area (Å²) in [4.78, 5) is 10.9. The molecule has 0 aliphatic heterocycles. The Balaban J connectivity index is 2.19. The third-order valence-electron chi connectivity index (χ3n) is 3.07. The highest BCUT2D eigenvalue weighted by molar-refractivity contribution is 9.10. The second-order valence-electron chi connectivity index (χ2n) is 4.55. The third kappa shape index (κ3) is 2.80. The fourth-order valence-electron chi connectivity index (χ4n) is 2.18. The van der Waals surface area contributed by atoms with Crippen molar-refractivity contribution >= 4 is 44.4 Å². The van der Waals surface area contributed by atoms with Gasteiger partial charge in [0.2, 0.25) is 0 Å². The van der Waals surface area contributed by atoms with Crippen LogP contribution in [0.15, 0.2) is 45.4 Å². The molecule has 1 heterocycles. The molecule has 4 nitrogen and oxygen atoms in total. The van der Waals surface area contributed by atoms with Crippen molar-refractivity contribution < 1.29 is 14.4 Å². The van der Waals surface area contributed by atoms with Crippen LogP contribution in [0.1, 0.15) is 5.56 Å². The number of rotatable bonds is 3. The van der Waals surface area contributed by atoms with E-state index in [0.29, 0.717) is 27.2 Å². The van der Waals surface area contributed by atoms with E-state index in [1.807, 2.05) is 24.3 Å². The lowest BCUT2D eigenvalue weighted by molar-refractivity contribution is -0.136. The van der Waals surface area contributed by atoms with Gasteiger partial charge in [-0.25, -0.2) is 0 Å². The van der Waals surface area contributed by atoms with Gasteiger partial charge in [-0.15, -0.1) is 0 Å². The van der Waals surface area contributed by atoms with Crippen LogP contribution in [0, 0.1) is 0 Å². The number of aliphatic carboxylic acids is 1. The first-order valence-electron chi connectivity index (χ1n) is 6.10. The van der Waals surface area contributed by atoms with Gasteiger partial charge in [-0.2, -0.15) is 0 Å². The van der Waals surface area contributed by atoms with Gasteiger partial charge >= 0.3 is 5.97 Å². The molecule has 0 aliphatic carbocycles. The number of fused-ring (bicyclic) bond motifs is 1. The number of aromatic nitrogens is 1. The predicted octanol–water partition coefficient (Wildman–Crippen LogP) is 4.54. The van der Waals surface area contributed by atoms with Crippen LogP contribution in [-0.4, -0.2) is 16.2 Å². The molecule has 0 saturated heterocycles. The second kappa shape index (κ2) is 5.50. The van der Waals surface area contributed by atoms with Crippen molar-refractivity contribution in [3.63, 3.8) is 0 Å². The summed E-state index contributed by atoms with van der Waals surface area (Å²) in [5, 5.41) is 14.1. The number of carbonyl (C=O) groups is 1. The topological polar surface area (TPSA) is 63.3 Å². The van der Waals surface area contributed by atoms with Gasteiger partial charge in [0.05, 0.1) is 11.8 Å². The van der Waals surface area contributed by atoms with Gasteiger partial charge in [0, 0.05) is 15.1 Å². The molecule has 2 aromatic carbocycles. The molecule has 3 rings (SSSR count). The van der Waals surface area contributed by atoms with Gasteiger partial charge in [-0.05, 0) is 42.0 Å². The van der Waals surface area contributed by atoms with Crippen molar-refractivity contribution in [1.82, 2.24) is 5.16 Å². The number of benzene rings is 2. The first-order chi connectivity index (χ1) is 10.0. The number of hydrogen-bond donors (Lipinski definition) is 1. The van der Waals surface area contributed by atoms with Crippen LogP contribution in [0.4, 0.5) is 0 Å². The zero-order chi connectivity index (χ0) is 15.0. The molecule has 0 aliphatic rings. The molecule has 1 N–H and O–H groups in total. The van der Waals surface area contributed by atoms with E-state index in [4.69, 9.17) is 21.2 Å². The molecule has 0 atom stereocenters. The zero-order valence-electron chi connectivity index (χ0n) is 10.6. The first-order valence-corrected chi connectivity index (χ1v) is 7.27. The Labute approximate surface area is 133 Å². The molecular formula is C15H9BrClNO3. The molecular weight excluding hydrogens is 358 g/mol. The van der Waals surface area contributed by atoms with Gasteiger partial charge in [0.25, 0.3) is 0 Å². The lowest BCUT2D eigenvalue weighted by Gasteiger charge is -2.01. The SMILES string of the molecule is O=C(O)Cc1cc(Cl)cc2c(-c3ccc(Br)cc3)onc12. The van der Waals surface area contributed by atoms with E-state index in [-0.39, 0.29) is 6.42 Å². The molecule has 0 radical (unpaired) electrons. The van der Waals surface area contributed by atoms with E-state index in [9.17, 15) is 4.79 Å². The van der Waals surface area contributed by atoms with Crippen molar-refractivity contribution in [2.24, 2.45) is 0 Å². The van der Waals surface area contributed by atoms with Gasteiger partial charge < -0.3 is 9.63 Å². The van der Waals surface area contributed by atoms with Crippen molar-refractivity contribution in [2.45, 2.75) is 6.42 Å². The van der Waals surface area contributed by atoms with Crippen LogP contribution in [0.2, 0.25) is 5.02 Å². The van der Waals surface area contributed by atoms with E-state index in [1.54, 1.807) is 12.1 Å². The maximum atomic E-state index is 10.9. The standard InChI is InChI=1S/C15H9BrClNO3/c16-10-3-1-8(2-4-10)15-12-7-11(17)5-9(6-13(19)20)14(12)18-21-15/h1-5,7H,6H2,(H,19,20). The number of hydrogen-bond acceptors (Lipinski definition) is 3. The number of nitrogens with zero attached hydrogens (tertiary/aromatic N) is 1. The lowest BCUT2D eigenvalue weighted by atomic mass is 10.0. The Kier molecular flexibility index (Phi) is 3.69. The highest BCUT2D eigenvalue weighted by Crippen LogP contribution is 2.33. The Bertz CT molecular complexity index is 827. The van der Waals surface area contributed by atoms with Gasteiger partial charge in [0.15, 0.2) is 5.76 Å². The van der Waals surface area contributed by atoms with Gasteiger partial charge in [-0.3, -0.25) is 4.79 Å². The molecule has 0 unspecified atom stereocenters. The molecule has 0 saturated carbocycles. The molecule has 3 aromatic rings. The van der Waals surface area contributed by atoms with Crippen LogP contribution < -0.4 is 0 Å². The lowest BCUT2D eigenvalue weighted by Crippen LogP contribution is -2.00. The molecule has 0 bridgehead atoms. The second-order valence-corrected chi connectivity index (χ2v) is 5.90. The summed E-state index contributed by atoms with van der Waals surface area (Å²) >= 11 is 9.46. The Morgan fingerprint density at radius 2 is 2.00 bits per heavy atom. The zero-order valence-corrected chi connectivity index (χ0v) is 13.0. The summed E-state index contributed by atoms with van der Waals surface area (Å²) in [7, 11) is 0. The minimum Gasteiger partial charge on any atom is -0.481 e. The normalized spacial score (nSPS) is 11.0. The average Bonchev–Trinajstić information content (AvgIpc) is 2.83. The van der Waals surface area contributed by atoms with E-state index in [0.717, 1.165) is 10.0 Å². The van der Waals surface area contributed by atoms with E-state index >= 15 is 0 Å². The van der Waals surface area contributed by atoms with Crippen LogP contribution in [-0.2, 0) is 11.2 Å². The Morgan fingerprint density at radius 3 is 2.67 bits per heavy atom. The van der Waals surface area contributed by atoms with E-state index in [2.05, 4.69) is 21.1 Å². The minimum atomic E-state index is -0.938. The van der Waals surface area contributed by atoms with Crippen LogP contribution in [0.5, 0.6) is 0 Å². The Hall–Kier alpha value is -1.85. The predicted molar refractivity (Wildman–Crippen MR) is 83.5 cm³/mol. The summed E-state index contributed by atoms with van der Waals surface area (Å²) in [5.41, 5.74) is 1.92. The van der Waals surface area contributed by atoms with Gasteiger partial charge in [-0.1, -0.05) is 32.7 Å². The van der Waals surface area contributed by atoms with Crippen molar-refractivity contribution in [1.29, 1.82) is 0 Å². The monoisotopic (exact) mass is 365 g/mol.